The molecule has 134 valence electrons. The second kappa shape index (κ2) is 6.14. The summed E-state index contributed by atoms with van der Waals surface area (Å²) in [7, 11) is 0. The van der Waals surface area contributed by atoms with Crippen molar-refractivity contribution in [3.8, 4) is 11.5 Å². The molecule has 2 heterocycles. The van der Waals surface area contributed by atoms with E-state index in [2.05, 4.69) is 5.32 Å². The van der Waals surface area contributed by atoms with Crippen LogP contribution in [0.5, 0.6) is 11.5 Å². The van der Waals surface area contributed by atoms with Gasteiger partial charge < -0.3 is 25.2 Å². The number of amides is 2. The Kier molecular flexibility index (Phi) is 3.16. The number of aliphatic carboxylic acids is 1. The van der Waals surface area contributed by atoms with Crippen molar-refractivity contribution in [1.29, 1.82) is 0 Å². The van der Waals surface area contributed by atoms with E-state index in [-0.39, 0.29) is 0 Å². The molecule has 3 atom stereocenters. The van der Waals surface area contributed by atoms with Crippen LogP contribution in [0.3, 0.4) is 0 Å². The maximum Gasteiger partial charge on any atom is 0.327 e. The summed E-state index contributed by atoms with van der Waals surface area (Å²) in [5, 5.41) is 20.8. The Morgan fingerprint density at radius 1 is 1.40 bits per heavy atom. The third-order valence-electron chi connectivity index (χ3n) is 3.93. The molecule has 1 aromatic carbocycles. The molecule has 1 aromatic rings. The minimum Gasteiger partial charge on any atom is -0.508 e. The molecule has 2 aliphatic heterocycles. The summed E-state index contributed by atoms with van der Waals surface area (Å²) in [4.78, 5) is 37.2. The van der Waals surface area contributed by atoms with E-state index in [4.69, 9.17) is 10.2 Å². The number of carboxylic acid groups (broad SMARTS) is 1. The van der Waals surface area contributed by atoms with Gasteiger partial charge in [-0.1, -0.05) is 0 Å². The number of nitrogens with zero attached hydrogens (tertiary/aromatic N) is 1. The van der Waals surface area contributed by atoms with Crippen LogP contribution in [0, 0.1) is 0 Å². The lowest BCUT2D eigenvalue weighted by atomic mass is 9.96. The molecule has 2 aliphatic rings. The molecule has 0 saturated carbocycles. The molecular weight excluding hydrogens is 348 g/mol. The fourth-order valence-corrected chi connectivity index (χ4v) is 4.49. The van der Waals surface area contributed by atoms with Crippen molar-refractivity contribution in [3.05, 3.63) is 24.2 Å². The molecule has 8 nitrogen and oxygen atoms in total. The Balaban J connectivity index is 1.67. The first-order valence-corrected chi connectivity index (χ1v) is 8.20. The van der Waals surface area contributed by atoms with Crippen LogP contribution in [0.4, 0.5) is 0 Å². The number of carbonyl (C=O) groups excluding carboxylic acids is 2. The fourth-order valence-electron chi connectivity index (χ4n) is 2.86. The van der Waals surface area contributed by atoms with Crippen molar-refractivity contribution in [2.45, 2.75) is 36.1 Å². The number of hydrogen-bond acceptors (Lipinski definition) is 6. The fraction of sp³-hybridized carbons (Fsp3) is 0.438. The minimum absolute atomic E-state index is 0.503. The summed E-state index contributed by atoms with van der Waals surface area (Å²) in [6.45, 7) is 2.73. The summed E-state index contributed by atoms with van der Waals surface area (Å²) in [6, 6.07) is -4.61. The molecule has 0 bridgehead atoms. The van der Waals surface area contributed by atoms with Crippen molar-refractivity contribution >= 4 is 29.5 Å². The zero-order chi connectivity index (χ0) is 21.8. The van der Waals surface area contributed by atoms with Gasteiger partial charge in [-0.05, 0) is 38.0 Å². The van der Waals surface area contributed by atoms with Gasteiger partial charge in [0.05, 0.1) is 5.48 Å². The molecule has 0 spiro atoms. The first kappa shape index (κ1) is 12.9. The first-order chi connectivity index (χ1) is 13.4. The van der Waals surface area contributed by atoms with Gasteiger partial charge >= 0.3 is 5.97 Å². The maximum atomic E-state index is 12.3. The first-order valence-electron chi connectivity index (χ1n) is 9.32. The maximum absolute atomic E-state index is 12.3. The highest BCUT2D eigenvalue weighted by molar-refractivity contribution is 8.01. The van der Waals surface area contributed by atoms with E-state index in [1.165, 1.54) is 16.7 Å². The second-order valence-electron chi connectivity index (χ2n) is 6.11. The zero-order valence-electron chi connectivity index (χ0n) is 17.3. The number of phenols is 1. The molecule has 0 radical (unpaired) electrons. The van der Waals surface area contributed by atoms with Crippen LogP contribution in [0.2, 0.25) is 0 Å². The van der Waals surface area contributed by atoms with E-state index < -0.39 is 82.3 Å². The van der Waals surface area contributed by atoms with Crippen LogP contribution >= 0.6 is 11.8 Å². The summed E-state index contributed by atoms with van der Waals surface area (Å²) < 4.78 is 34.9. The van der Waals surface area contributed by atoms with Crippen LogP contribution in [0.1, 0.15) is 19.3 Å². The van der Waals surface area contributed by atoms with Crippen molar-refractivity contribution < 1.29 is 34.8 Å². The van der Waals surface area contributed by atoms with E-state index in [1.807, 2.05) is 0 Å². The molecule has 0 aliphatic carbocycles. The van der Waals surface area contributed by atoms with Crippen molar-refractivity contribution in [2.75, 3.05) is 6.61 Å². The van der Waals surface area contributed by atoms with E-state index in [0.29, 0.717) is 0 Å². The number of aromatic hydroxyl groups is 1. The Hall–Kier alpha value is -2.42. The molecule has 3 N–H and O–H groups in total. The second-order valence-corrected chi connectivity index (χ2v) is 7.88. The van der Waals surface area contributed by atoms with E-state index in [1.54, 1.807) is 13.8 Å². The number of thioether (sulfide) groups is 1. The number of rotatable bonds is 5. The van der Waals surface area contributed by atoms with Gasteiger partial charge in [0, 0.05) is 4.75 Å². The normalized spacial score (nSPS) is 28.8. The number of carbonyl (C=O) groups is 3. The third-order valence-corrected chi connectivity index (χ3v) is 5.50. The lowest BCUT2D eigenvalue weighted by molar-refractivity contribution is -0.161. The standard InChI is InChI=1S/C16H18N2O6S/c1-16(2)12(15(22)23)18-13(21)11(14(18)25-16)17-10(20)7-24-9-5-3-8(19)4-6-9/h3-6,11-12,14,19H,7H2,1-2H3,(H,17,20)(H,22,23)/t11-,12+,14-/m1/s1/i3D,4D,5D,6D. The van der Waals surface area contributed by atoms with Crippen molar-refractivity contribution in [1.82, 2.24) is 10.2 Å². The van der Waals surface area contributed by atoms with Gasteiger partial charge in [0.2, 0.25) is 5.91 Å². The summed E-state index contributed by atoms with van der Waals surface area (Å²) in [6.07, 6.45) is 0. The topological polar surface area (TPSA) is 116 Å². The van der Waals surface area contributed by atoms with Crippen molar-refractivity contribution in [3.63, 3.8) is 0 Å². The molecule has 2 amide bonds. The number of benzene rings is 1. The molecule has 25 heavy (non-hydrogen) atoms. The van der Waals surface area contributed by atoms with Gasteiger partial charge in [0.25, 0.3) is 5.91 Å². The van der Waals surface area contributed by atoms with Gasteiger partial charge in [-0.3, -0.25) is 9.59 Å². The Morgan fingerprint density at radius 2 is 2.04 bits per heavy atom. The van der Waals surface area contributed by atoms with Gasteiger partial charge in [-0.2, -0.15) is 0 Å². The third kappa shape index (κ3) is 3.11. The summed E-state index contributed by atoms with van der Waals surface area (Å²) >= 11 is 1.26. The van der Waals surface area contributed by atoms with Crippen LogP contribution in [-0.4, -0.2) is 61.7 Å². The lowest BCUT2D eigenvalue weighted by Crippen LogP contribution is -2.70. The minimum atomic E-state index is -1.12. The zero-order valence-corrected chi connectivity index (χ0v) is 14.1. The van der Waals surface area contributed by atoms with Gasteiger partial charge in [-0.15, -0.1) is 11.8 Å². The number of hydrogen-bond donors (Lipinski definition) is 3. The highest BCUT2D eigenvalue weighted by Gasteiger charge is 2.64. The molecule has 0 unspecified atom stereocenters. The van der Waals surface area contributed by atoms with Crippen LogP contribution in [-0.2, 0) is 14.4 Å². The smallest absolute Gasteiger partial charge is 0.327 e. The van der Waals surface area contributed by atoms with Crippen LogP contribution in [0.25, 0.3) is 0 Å². The van der Waals surface area contributed by atoms with Gasteiger partial charge in [0.15, 0.2) is 6.61 Å². The molecule has 2 saturated heterocycles. The average molecular weight is 370 g/mol. The van der Waals surface area contributed by atoms with Crippen LogP contribution < -0.4 is 10.1 Å². The van der Waals surface area contributed by atoms with E-state index >= 15 is 0 Å². The number of carboxylic acids is 1. The summed E-state index contributed by atoms with van der Waals surface area (Å²) in [5.41, 5.74) is 0. The van der Waals surface area contributed by atoms with Crippen LogP contribution in [0.15, 0.2) is 24.2 Å². The molecule has 9 heteroatoms. The number of phenolic OH excluding ortho intramolecular Hbond substituents is 1. The predicted molar refractivity (Wildman–Crippen MR) is 89.3 cm³/mol. The van der Waals surface area contributed by atoms with E-state index in [9.17, 15) is 24.6 Å². The van der Waals surface area contributed by atoms with Gasteiger partial charge in [0.1, 0.15) is 29.0 Å². The van der Waals surface area contributed by atoms with E-state index in [0.717, 1.165) is 0 Å². The SMILES string of the molecule is [2H]c1c([2H])c(OCC(=O)N[C@@H]2C(=O)N3[C@@H]2SC(C)(C)[C@@H]3C(=O)O)c([2H])c([2H])c1O. The number of β-lactam (4-membered cyclic amide) rings is 1. The Morgan fingerprint density at radius 3 is 2.64 bits per heavy atom. The highest BCUT2D eigenvalue weighted by atomic mass is 32.2. The summed E-state index contributed by atoms with van der Waals surface area (Å²) in [5.74, 6) is -3.72. The lowest BCUT2D eigenvalue weighted by Gasteiger charge is -2.43. The molecular formula is C16H18N2O6S. The number of ether oxygens (including phenoxy) is 1. The van der Waals surface area contributed by atoms with Gasteiger partial charge in [-0.25, -0.2) is 4.79 Å². The molecule has 3 rings (SSSR count). The largest absolute Gasteiger partial charge is 0.508 e. The Bertz CT molecular complexity index is 898. The number of fused-ring (bicyclic) bond motifs is 1. The highest BCUT2D eigenvalue weighted by Crippen LogP contribution is 2.50. The number of nitrogens with one attached hydrogen (secondary N) is 1. The average Bonchev–Trinajstić information content (AvgIpc) is 2.91. The Labute approximate surface area is 153 Å². The quantitative estimate of drug-likeness (QED) is 0.643. The molecule has 2 fully saturated rings. The monoisotopic (exact) mass is 370 g/mol. The van der Waals surface area contributed by atoms with Crippen molar-refractivity contribution in [2.24, 2.45) is 0 Å². The molecule has 0 aromatic heterocycles. The predicted octanol–water partition coefficient (Wildman–Crippen LogP) is 0.403.